The van der Waals surface area contributed by atoms with Crippen molar-refractivity contribution in [3.63, 3.8) is 0 Å². The number of benzene rings is 1. The van der Waals surface area contributed by atoms with Crippen molar-refractivity contribution in [2.24, 2.45) is 0 Å². The molecule has 0 unspecified atom stereocenters. The molecule has 6 heteroatoms. The van der Waals surface area contributed by atoms with E-state index in [1.807, 2.05) is 0 Å². The molecule has 1 heterocycles. The van der Waals surface area contributed by atoms with E-state index in [9.17, 15) is 13.2 Å². The van der Waals surface area contributed by atoms with Gasteiger partial charge in [-0.3, -0.25) is 0 Å². The smallest absolute Gasteiger partial charge is 0.243 e. The molecular weight excluding hydrogens is 306 g/mol. The first kappa shape index (κ1) is 11.7. The summed E-state index contributed by atoms with van der Waals surface area (Å²) >= 11 is 8.93. The standard InChI is InChI=1S/C10H4BrClF3N/c11-5-1-2-6-7(3-5)9(12)16-4-8(6)10(13,14)15/h1-4H. The zero-order valence-corrected chi connectivity index (χ0v) is 9.99. The summed E-state index contributed by atoms with van der Waals surface area (Å²) in [4.78, 5) is 3.54. The van der Waals surface area contributed by atoms with Crippen LogP contribution >= 0.6 is 27.5 Å². The molecule has 2 rings (SSSR count). The average Bonchev–Trinajstić information content (AvgIpc) is 2.17. The van der Waals surface area contributed by atoms with Crippen LogP contribution in [0.15, 0.2) is 28.9 Å². The van der Waals surface area contributed by atoms with Crippen LogP contribution in [0.5, 0.6) is 0 Å². The SMILES string of the molecule is FC(F)(F)c1cnc(Cl)c2cc(Br)ccc12. The van der Waals surface area contributed by atoms with E-state index in [0.717, 1.165) is 6.20 Å². The molecule has 0 N–H and O–H groups in total. The molecule has 2 aromatic rings. The Morgan fingerprint density at radius 1 is 1.19 bits per heavy atom. The van der Waals surface area contributed by atoms with E-state index in [2.05, 4.69) is 20.9 Å². The maximum Gasteiger partial charge on any atom is 0.418 e. The molecule has 0 saturated heterocycles. The number of hydrogen-bond donors (Lipinski definition) is 0. The van der Waals surface area contributed by atoms with Crippen molar-refractivity contribution in [1.82, 2.24) is 4.98 Å². The van der Waals surface area contributed by atoms with Gasteiger partial charge in [0.05, 0.1) is 5.56 Å². The lowest BCUT2D eigenvalue weighted by Crippen LogP contribution is -2.06. The van der Waals surface area contributed by atoms with Gasteiger partial charge in [-0.25, -0.2) is 4.98 Å². The number of aromatic nitrogens is 1. The number of rotatable bonds is 0. The zero-order valence-electron chi connectivity index (χ0n) is 7.65. The minimum atomic E-state index is -4.43. The summed E-state index contributed by atoms with van der Waals surface area (Å²) in [5.74, 6) is 0. The molecular formula is C10H4BrClF3N. The van der Waals surface area contributed by atoms with E-state index in [1.54, 1.807) is 0 Å². The van der Waals surface area contributed by atoms with Gasteiger partial charge in [0.1, 0.15) is 5.15 Å². The Morgan fingerprint density at radius 2 is 1.88 bits per heavy atom. The summed E-state index contributed by atoms with van der Waals surface area (Å²) in [6.45, 7) is 0. The van der Waals surface area contributed by atoms with Crippen LogP contribution in [-0.4, -0.2) is 4.98 Å². The van der Waals surface area contributed by atoms with Gasteiger partial charge in [-0.05, 0) is 17.5 Å². The Balaban J connectivity index is 2.85. The lowest BCUT2D eigenvalue weighted by Gasteiger charge is -2.10. The van der Waals surface area contributed by atoms with Crippen LogP contribution in [0, 0.1) is 0 Å². The summed E-state index contributed by atoms with van der Waals surface area (Å²) in [6.07, 6.45) is -3.68. The van der Waals surface area contributed by atoms with E-state index in [0.29, 0.717) is 4.47 Å². The van der Waals surface area contributed by atoms with Crippen molar-refractivity contribution in [2.45, 2.75) is 6.18 Å². The zero-order chi connectivity index (χ0) is 11.9. The van der Waals surface area contributed by atoms with Crippen LogP contribution < -0.4 is 0 Å². The molecule has 0 saturated carbocycles. The minimum Gasteiger partial charge on any atom is -0.243 e. The summed E-state index contributed by atoms with van der Waals surface area (Å²) in [5, 5.41) is 0.394. The fourth-order valence-electron chi connectivity index (χ4n) is 1.41. The highest BCUT2D eigenvalue weighted by molar-refractivity contribution is 9.10. The van der Waals surface area contributed by atoms with Crippen LogP contribution in [0.25, 0.3) is 10.8 Å². The number of pyridine rings is 1. The van der Waals surface area contributed by atoms with Gasteiger partial charge in [0.25, 0.3) is 0 Å². The predicted molar refractivity (Wildman–Crippen MR) is 59.5 cm³/mol. The fraction of sp³-hybridized carbons (Fsp3) is 0.100. The molecule has 1 nitrogen and oxygen atoms in total. The average molecular weight is 311 g/mol. The van der Waals surface area contributed by atoms with E-state index in [4.69, 9.17) is 11.6 Å². The molecule has 0 aliphatic rings. The molecule has 16 heavy (non-hydrogen) atoms. The van der Waals surface area contributed by atoms with Gasteiger partial charge in [-0.1, -0.05) is 33.6 Å². The van der Waals surface area contributed by atoms with Crippen molar-refractivity contribution in [1.29, 1.82) is 0 Å². The molecule has 1 aromatic heterocycles. The third kappa shape index (κ3) is 2.01. The summed E-state index contributed by atoms with van der Waals surface area (Å²) in [6, 6.07) is 4.42. The Labute approximate surface area is 102 Å². The van der Waals surface area contributed by atoms with Gasteiger partial charge in [-0.2, -0.15) is 13.2 Å². The van der Waals surface area contributed by atoms with Gasteiger partial charge in [0, 0.05) is 16.1 Å². The Bertz CT molecular complexity index is 553. The number of nitrogens with zero attached hydrogens (tertiary/aromatic N) is 1. The number of fused-ring (bicyclic) bond motifs is 1. The second kappa shape index (κ2) is 3.89. The molecule has 0 amide bonds. The molecule has 1 aromatic carbocycles. The van der Waals surface area contributed by atoms with E-state index < -0.39 is 11.7 Å². The quantitative estimate of drug-likeness (QED) is 0.644. The molecule has 0 radical (unpaired) electrons. The lowest BCUT2D eigenvalue weighted by molar-refractivity contribution is -0.136. The normalized spacial score (nSPS) is 12.1. The van der Waals surface area contributed by atoms with Crippen LogP contribution in [0.1, 0.15) is 5.56 Å². The lowest BCUT2D eigenvalue weighted by atomic mass is 10.1. The fourth-order valence-corrected chi connectivity index (χ4v) is 1.97. The summed E-state index contributed by atoms with van der Waals surface area (Å²) in [7, 11) is 0. The highest BCUT2D eigenvalue weighted by Crippen LogP contribution is 2.36. The van der Waals surface area contributed by atoms with Crippen LogP contribution in [0.3, 0.4) is 0 Å². The molecule has 0 spiro atoms. The molecule has 0 aliphatic carbocycles. The van der Waals surface area contributed by atoms with Crippen molar-refractivity contribution in [2.75, 3.05) is 0 Å². The third-order valence-electron chi connectivity index (χ3n) is 2.11. The second-order valence-corrected chi connectivity index (χ2v) is 4.42. The third-order valence-corrected chi connectivity index (χ3v) is 2.90. The van der Waals surface area contributed by atoms with Crippen molar-refractivity contribution in [3.05, 3.63) is 39.6 Å². The summed E-state index contributed by atoms with van der Waals surface area (Å²) in [5.41, 5.74) is -0.778. The van der Waals surface area contributed by atoms with E-state index in [1.165, 1.54) is 18.2 Å². The summed E-state index contributed by atoms with van der Waals surface area (Å²) < 4.78 is 38.6. The Hall–Kier alpha value is -0.810. The number of alkyl halides is 3. The Kier molecular flexibility index (Phi) is 2.84. The second-order valence-electron chi connectivity index (χ2n) is 3.15. The van der Waals surface area contributed by atoms with Gasteiger partial charge in [-0.15, -0.1) is 0 Å². The predicted octanol–water partition coefficient (Wildman–Crippen LogP) is 4.67. The van der Waals surface area contributed by atoms with E-state index in [-0.39, 0.29) is 15.9 Å². The first-order valence-corrected chi connectivity index (χ1v) is 5.37. The van der Waals surface area contributed by atoms with Gasteiger partial charge >= 0.3 is 6.18 Å². The maximum absolute atomic E-state index is 12.7. The molecule has 0 atom stereocenters. The monoisotopic (exact) mass is 309 g/mol. The van der Waals surface area contributed by atoms with Crippen LogP contribution in [0.2, 0.25) is 5.15 Å². The van der Waals surface area contributed by atoms with Gasteiger partial charge in [0.15, 0.2) is 0 Å². The van der Waals surface area contributed by atoms with Gasteiger partial charge in [0.2, 0.25) is 0 Å². The molecule has 0 bridgehead atoms. The van der Waals surface area contributed by atoms with Crippen molar-refractivity contribution < 1.29 is 13.2 Å². The first-order valence-electron chi connectivity index (χ1n) is 4.20. The van der Waals surface area contributed by atoms with Crippen molar-refractivity contribution >= 4 is 38.3 Å². The number of hydrogen-bond acceptors (Lipinski definition) is 1. The topological polar surface area (TPSA) is 12.9 Å². The Morgan fingerprint density at radius 3 is 2.50 bits per heavy atom. The highest BCUT2D eigenvalue weighted by Gasteiger charge is 2.33. The first-order chi connectivity index (χ1) is 7.39. The maximum atomic E-state index is 12.7. The van der Waals surface area contributed by atoms with Gasteiger partial charge < -0.3 is 0 Å². The van der Waals surface area contributed by atoms with Crippen molar-refractivity contribution in [3.8, 4) is 0 Å². The molecule has 84 valence electrons. The highest BCUT2D eigenvalue weighted by atomic mass is 79.9. The van der Waals surface area contributed by atoms with Crippen LogP contribution in [-0.2, 0) is 6.18 Å². The molecule has 0 fully saturated rings. The van der Waals surface area contributed by atoms with Crippen LogP contribution in [0.4, 0.5) is 13.2 Å². The largest absolute Gasteiger partial charge is 0.418 e. The van der Waals surface area contributed by atoms with E-state index >= 15 is 0 Å². The number of halogens is 5. The minimum absolute atomic E-state index is 0.0516. The molecule has 0 aliphatic heterocycles.